The van der Waals surface area contributed by atoms with Crippen LogP contribution in [0.3, 0.4) is 0 Å². The lowest BCUT2D eigenvalue weighted by atomic mass is 10.2. The van der Waals surface area contributed by atoms with E-state index >= 15 is 0 Å². The van der Waals surface area contributed by atoms with E-state index in [4.69, 9.17) is 0 Å². The first-order valence-electron chi connectivity index (χ1n) is 5.69. The Kier molecular flexibility index (Phi) is 5.04. The van der Waals surface area contributed by atoms with Gasteiger partial charge in [0.2, 0.25) is 5.91 Å². The maximum absolute atomic E-state index is 11.9. The molecule has 0 radical (unpaired) electrons. The van der Waals surface area contributed by atoms with Crippen molar-refractivity contribution in [1.29, 1.82) is 0 Å². The molecule has 0 spiro atoms. The summed E-state index contributed by atoms with van der Waals surface area (Å²) in [5.41, 5.74) is 0. The van der Waals surface area contributed by atoms with Crippen molar-refractivity contribution in [3.63, 3.8) is 0 Å². The Bertz CT molecular complexity index is 251. The Morgan fingerprint density at radius 1 is 1.38 bits per heavy atom. The molecule has 0 aliphatic carbocycles. The van der Waals surface area contributed by atoms with Crippen LogP contribution in [-0.4, -0.2) is 55.6 Å². The van der Waals surface area contributed by atoms with Crippen LogP contribution >= 0.6 is 0 Å². The fraction of sp³-hybridized carbons (Fsp3) is 0.800. The fourth-order valence-electron chi connectivity index (χ4n) is 1.63. The summed E-state index contributed by atoms with van der Waals surface area (Å²) in [6.07, 6.45) is 0. The Morgan fingerprint density at radius 3 is 2.56 bits per heavy atom. The Balaban J connectivity index is 2.37. The lowest BCUT2D eigenvalue weighted by Crippen LogP contribution is -2.54. The molecule has 0 aromatic heterocycles. The number of nitrogens with one attached hydrogen (secondary N) is 3. The fourth-order valence-corrected chi connectivity index (χ4v) is 1.63. The highest BCUT2D eigenvalue weighted by Gasteiger charge is 2.22. The molecule has 0 bridgehead atoms. The molecule has 1 unspecified atom stereocenters. The summed E-state index contributed by atoms with van der Waals surface area (Å²) in [5, 5.41) is 8.39. The van der Waals surface area contributed by atoms with Gasteiger partial charge in [0.25, 0.3) is 0 Å². The molecule has 16 heavy (non-hydrogen) atoms. The number of carbonyl (C=O) groups is 2. The minimum absolute atomic E-state index is 0.0206. The zero-order valence-corrected chi connectivity index (χ0v) is 9.88. The monoisotopic (exact) mass is 228 g/mol. The summed E-state index contributed by atoms with van der Waals surface area (Å²) >= 11 is 0. The lowest BCUT2D eigenvalue weighted by molar-refractivity contribution is -0.133. The maximum Gasteiger partial charge on any atom is 0.315 e. The van der Waals surface area contributed by atoms with Crippen molar-refractivity contribution in [3.05, 3.63) is 0 Å². The molecule has 0 aromatic carbocycles. The van der Waals surface area contributed by atoms with E-state index in [-0.39, 0.29) is 11.9 Å². The third-order valence-corrected chi connectivity index (χ3v) is 2.48. The summed E-state index contributed by atoms with van der Waals surface area (Å²) in [6, 6.07) is -0.761. The van der Waals surface area contributed by atoms with Crippen molar-refractivity contribution in [3.8, 4) is 0 Å². The number of piperazine rings is 1. The highest BCUT2D eigenvalue weighted by molar-refractivity contribution is 5.86. The summed E-state index contributed by atoms with van der Waals surface area (Å²) in [5.74, 6) is -0.0206. The van der Waals surface area contributed by atoms with Gasteiger partial charge in [0.05, 0.1) is 0 Å². The van der Waals surface area contributed by atoms with Crippen molar-refractivity contribution in [1.82, 2.24) is 20.9 Å². The van der Waals surface area contributed by atoms with E-state index in [9.17, 15) is 9.59 Å². The minimum atomic E-state index is -0.468. The molecule has 3 N–H and O–H groups in total. The van der Waals surface area contributed by atoms with Gasteiger partial charge in [0, 0.05) is 32.7 Å². The van der Waals surface area contributed by atoms with Crippen LogP contribution in [0.15, 0.2) is 0 Å². The molecule has 0 aromatic rings. The molecule has 1 heterocycles. The van der Waals surface area contributed by atoms with Crippen LogP contribution < -0.4 is 16.0 Å². The normalized spacial score (nSPS) is 17.8. The quantitative estimate of drug-likeness (QED) is 0.587. The Hall–Kier alpha value is -1.30. The van der Waals surface area contributed by atoms with Gasteiger partial charge in [-0.3, -0.25) is 4.79 Å². The first kappa shape index (κ1) is 12.8. The molecular weight excluding hydrogens is 208 g/mol. The van der Waals surface area contributed by atoms with Crippen molar-refractivity contribution in [2.45, 2.75) is 19.9 Å². The molecular formula is C10H20N4O2. The predicted molar refractivity (Wildman–Crippen MR) is 61.1 cm³/mol. The molecule has 92 valence electrons. The third-order valence-electron chi connectivity index (χ3n) is 2.48. The topological polar surface area (TPSA) is 73.5 Å². The van der Waals surface area contributed by atoms with Gasteiger partial charge < -0.3 is 20.9 Å². The van der Waals surface area contributed by atoms with Gasteiger partial charge in [-0.2, -0.15) is 0 Å². The van der Waals surface area contributed by atoms with E-state index in [0.29, 0.717) is 19.6 Å². The van der Waals surface area contributed by atoms with Gasteiger partial charge in [0.15, 0.2) is 0 Å². The number of carbonyl (C=O) groups excluding carboxylic acids is 2. The van der Waals surface area contributed by atoms with Gasteiger partial charge in [-0.25, -0.2) is 4.79 Å². The number of hydrogen-bond acceptors (Lipinski definition) is 3. The third kappa shape index (κ3) is 3.69. The molecule has 1 atom stereocenters. The zero-order valence-electron chi connectivity index (χ0n) is 9.88. The largest absolute Gasteiger partial charge is 0.338 e. The van der Waals surface area contributed by atoms with Crippen LogP contribution in [0, 0.1) is 0 Å². The highest BCUT2D eigenvalue weighted by Crippen LogP contribution is 1.97. The number of nitrogens with zero attached hydrogens (tertiary/aromatic N) is 1. The molecule has 6 nitrogen and oxygen atoms in total. The SMILES string of the molecule is CCNC(=O)NC(C)C(=O)N1CCNCC1. The Labute approximate surface area is 95.8 Å². The van der Waals surface area contributed by atoms with Gasteiger partial charge in [0.1, 0.15) is 6.04 Å². The first-order chi connectivity index (χ1) is 7.65. The van der Waals surface area contributed by atoms with E-state index in [1.54, 1.807) is 11.8 Å². The summed E-state index contributed by atoms with van der Waals surface area (Å²) in [6.45, 7) is 7.15. The standard InChI is InChI=1S/C10H20N4O2/c1-3-12-10(16)13-8(2)9(15)14-6-4-11-5-7-14/h8,11H,3-7H2,1-2H3,(H2,12,13,16). The van der Waals surface area contributed by atoms with Crippen LogP contribution in [0.1, 0.15) is 13.8 Å². The average molecular weight is 228 g/mol. The van der Waals surface area contributed by atoms with E-state index in [1.807, 2.05) is 6.92 Å². The zero-order chi connectivity index (χ0) is 12.0. The van der Waals surface area contributed by atoms with E-state index in [2.05, 4.69) is 16.0 Å². The van der Waals surface area contributed by atoms with Crippen LogP contribution in [0.2, 0.25) is 0 Å². The lowest BCUT2D eigenvalue weighted by Gasteiger charge is -2.29. The Morgan fingerprint density at radius 2 is 2.00 bits per heavy atom. The van der Waals surface area contributed by atoms with E-state index in [1.165, 1.54) is 0 Å². The van der Waals surface area contributed by atoms with Crippen molar-refractivity contribution in [2.24, 2.45) is 0 Å². The van der Waals surface area contributed by atoms with Crippen LogP contribution in [0.25, 0.3) is 0 Å². The number of amides is 3. The number of rotatable bonds is 3. The molecule has 3 amide bonds. The van der Waals surface area contributed by atoms with Gasteiger partial charge in [-0.05, 0) is 13.8 Å². The van der Waals surface area contributed by atoms with Crippen molar-refractivity contribution < 1.29 is 9.59 Å². The second-order valence-corrected chi connectivity index (χ2v) is 3.80. The molecule has 1 fully saturated rings. The summed E-state index contributed by atoms with van der Waals surface area (Å²) < 4.78 is 0. The smallest absolute Gasteiger partial charge is 0.315 e. The maximum atomic E-state index is 11.9. The van der Waals surface area contributed by atoms with Gasteiger partial charge >= 0.3 is 6.03 Å². The molecule has 1 aliphatic rings. The first-order valence-corrected chi connectivity index (χ1v) is 5.69. The molecule has 1 aliphatic heterocycles. The molecule has 1 rings (SSSR count). The van der Waals surface area contributed by atoms with E-state index in [0.717, 1.165) is 13.1 Å². The summed E-state index contributed by atoms with van der Waals surface area (Å²) in [7, 11) is 0. The number of urea groups is 1. The van der Waals surface area contributed by atoms with Crippen LogP contribution in [0.4, 0.5) is 4.79 Å². The van der Waals surface area contributed by atoms with Crippen LogP contribution in [0.5, 0.6) is 0 Å². The minimum Gasteiger partial charge on any atom is -0.338 e. The molecule has 1 saturated heterocycles. The van der Waals surface area contributed by atoms with Crippen molar-refractivity contribution >= 4 is 11.9 Å². The average Bonchev–Trinajstić information content (AvgIpc) is 2.29. The second-order valence-electron chi connectivity index (χ2n) is 3.80. The molecule has 0 saturated carbocycles. The summed E-state index contributed by atoms with van der Waals surface area (Å²) in [4.78, 5) is 24.9. The van der Waals surface area contributed by atoms with Gasteiger partial charge in [-0.1, -0.05) is 0 Å². The van der Waals surface area contributed by atoms with E-state index < -0.39 is 6.04 Å². The second kappa shape index (κ2) is 6.32. The van der Waals surface area contributed by atoms with Crippen molar-refractivity contribution in [2.75, 3.05) is 32.7 Å². The van der Waals surface area contributed by atoms with Gasteiger partial charge in [-0.15, -0.1) is 0 Å². The highest BCUT2D eigenvalue weighted by atomic mass is 16.2. The predicted octanol–water partition coefficient (Wildman–Crippen LogP) is -0.874. The van der Waals surface area contributed by atoms with Crippen LogP contribution in [-0.2, 0) is 4.79 Å². The number of hydrogen-bond donors (Lipinski definition) is 3. The molecule has 6 heteroatoms.